The number of guanidine groups is 1. The average Bonchev–Trinajstić information content (AvgIpc) is 3.12. The zero-order valence-corrected chi connectivity index (χ0v) is 11.0. The number of nitrogens with one attached hydrogen (secondary N) is 1. The van der Waals surface area contributed by atoms with E-state index in [2.05, 4.69) is 15.4 Å². The van der Waals surface area contributed by atoms with Crippen molar-refractivity contribution >= 4 is 5.96 Å². The molecule has 0 unspecified atom stereocenters. The standard InChI is InChI=1S/C14H16FN5/c15-10-1-5-13(6-2-10)20-8-7-12(19-20)9-17-14(16)18-11-3-4-11/h1-2,5-8,11H,3-4,9H2,(H3,16,17,18). The number of benzene rings is 1. The smallest absolute Gasteiger partial charge is 0.189 e. The molecule has 0 spiro atoms. The molecule has 0 radical (unpaired) electrons. The number of aliphatic imine (C=N–C) groups is 1. The Morgan fingerprint density at radius 3 is 2.80 bits per heavy atom. The minimum absolute atomic E-state index is 0.260. The average molecular weight is 273 g/mol. The van der Waals surface area contributed by atoms with E-state index in [-0.39, 0.29) is 5.82 Å². The van der Waals surface area contributed by atoms with E-state index in [1.807, 2.05) is 12.3 Å². The van der Waals surface area contributed by atoms with Crippen molar-refractivity contribution in [2.24, 2.45) is 10.7 Å². The Hall–Kier alpha value is -2.37. The van der Waals surface area contributed by atoms with E-state index in [0.717, 1.165) is 24.2 Å². The Balaban J connectivity index is 1.65. The molecule has 5 nitrogen and oxygen atoms in total. The minimum atomic E-state index is -0.260. The summed E-state index contributed by atoms with van der Waals surface area (Å²) in [5.41, 5.74) is 7.39. The van der Waals surface area contributed by atoms with Crippen LogP contribution in [0.4, 0.5) is 4.39 Å². The third-order valence-corrected chi connectivity index (χ3v) is 3.08. The maximum Gasteiger partial charge on any atom is 0.189 e. The molecule has 0 saturated heterocycles. The van der Waals surface area contributed by atoms with Crippen LogP contribution in [0.1, 0.15) is 18.5 Å². The fraction of sp³-hybridized carbons (Fsp3) is 0.286. The van der Waals surface area contributed by atoms with Crippen LogP contribution in [0.2, 0.25) is 0 Å². The number of rotatable bonds is 4. The van der Waals surface area contributed by atoms with Gasteiger partial charge in [-0.1, -0.05) is 0 Å². The quantitative estimate of drug-likeness (QED) is 0.656. The van der Waals surface area contributed by atoms with E-state index in [9.17, 15) is 4.39 Å². The lowest BCUT2D eigenvalue weighted by Gasteiger charge is -2.02. The summed E-state index contributed by atoms with van der Waals surface area (Å²) in [6.45, 7) is 0.430. The third kappa shape index (κ3) is 3.14. The third-order valence-electron chi connectivity index (χ3n) is 3.08. The molecule has 1 aromatic heterocycles. The first-order chi connectivity index (χ1) is 9.70. The number of nitrogens with zero attached hydrogens (tertiary/aromatic N) is 3. The molecule has 6 heteroatoms. The molecule has 1 heterocycles. The van der Waals surface area contributed by atoms with Gasteiger partial charge in [0.15, 0.2) is 5.96 Å². The first-order valence-electron chi connectivity index (χ1n) is 6.58. The van der Waals surface area contributed by atoms with Crippen LogP contribution < -0.4 is 11.1 Å². The fourth-order valence-corrected chi connectivity index (χ4v) is 1.83. The highest BCUT2D eigenvalue weighted by Gasteiger charge is 2.21. The van der Waals surface area contributed by atoms with E-state index in [0.29, 0.717) is 18.5 Å². The zero-order chi connectivity index (χ0) is 13.9. The Bertz CT molecular complexity index is 613. The molecule has 0 amide bonds. The van der Waals surface area contributed by atoms with Gasteiger partial charge in [-0.05, 0) is 43.2 Å². The minimum Gasteiger partial charge on any atom is -0.370 e. The van der Waals surface area contributed by atoms with Gasteiger partial charge in [0.25, 0.3) is 0 Å². The highest BCUT2D eigenvalue weighted by molar-refractivity contribution is 5.78. The molecule has 0 atom stereocenters. The number of halogens is 1. The van der Waals surface area contributed by atoms with Crippen molar-refractivity contribution in [2.45, 2.75) is 25.4 Å². The topological polar surface area (TPSA) is 68.2 Å². The molecule has 3 rings (SSSR count). The second-order valence-electron chi connectivity index (χ2n) is 4.85. The van der Waals surface area contributed by atoms with E-state index in [1.165, 1.54) is 12.1 Å². The number of aromatic nitrogens is 2. The van der Waals surface area contributed by atoms with Crippen LogP contribution in [0.3, 0.4) is 0 Å². The molecule has 104 valence electrons. The molecule has 1 aromatic carbocycles. The summed E-state index contributed by atoms with van der Waals surface area (Å²) in [5.74, 6) is 0.202. The number of hydrogen-bond donors (Lipinski definition) is 2. The van der Waals surface area contributed by atoms with Gasteiger partial charge >= 0.3 is 0 Å². The van der Waals surface area contributed by atoms with E-state index in [4.69, 9.17) is 5.73 Å². The van der Waals surface area contributed by atoms with Gasteiger partial charge in [-0.25, -0.2) is 14.1 Å². The SMILES string of the molecule is NC(=NCc1ccn(-c2ccc(F)cc2)n1)NC1CC1. The summed E-state index contributed by atoms with van der Waals surface area (Å²) in [7, 11) is 0. The van der Waals surface area contributed by atoms with Crippen molar-refractivity contribution in [3.05, 3.63) is 48.0 Å². The van der Waals surface area contributed by atoms with Crippen LogP contribution in [-0.2, 0) is 6.54 Å². The van der Waals surface area contributed by atoms with Gasteiger partial charge in [-0.15, -0.1) is 0 Å². The fourth-order valence-electron chi connectivity index (χ4n) is 1.83. The molecule has 3 N–H and O–H groups in total. The molecular formula is C14H16FN5. The van der Waals surface area contributed by atoms with Gasteiger partial charge in [-0.2, -0.15) is 5.10 Å². The number of hydrogen-bond acceptors (Lipinski definition) is 2. The lowest BCUT2D eigenvalue weighted by molar-refractivity contribution is 0.627. The van der Waals surface area contributed by atoms with Crippen molar-refractivity contribution in [3.63, 3.8) is 0 Å². The van der Waals surface area contributed by atoms with Gasteiger partial charge in [0, 0.05) is 12.2 Å². The van der Waals surface area contributed by atoms with Crippen molar-refractivity contribution < 1.29 is 4.39 Å². The molecule has 1 aliphatic rings. The molecule has 1 aliphatic carbocycles. The summed E-state index contributed by atoms with van der Waals surface area (Å²) in [6, 6.07) is 8.54. The van der Waals surface area contributed by atoms with Gasteiger partial charge in [-0.3, -0.25) is 0 Å². The number of nitrogens with two attached hydrogens (primary N) is 1. The van der Waals surface area contributed by atoms with Crippen LogP contribution in [0, 0.1) is 5.82 Å². The Morgan fingerprint density at radius 1 is 1.35 bits per heavy atom. The summed E-state index contributed by atoms with van der Waals surface area (Å²) in [4.78, 5) is 4.24. The highest BCUT2D eigenvalue weighted by atomic mass is 19.1. The van der Waals surface area contributed by atoms with Crippen molar-refractivity contribution in [1.29, 1.82) is 0 Å². The highest BCUT2D eigenvalue weighted by Crippen LogP contribution is 2.18. The van der Waals surface area contributed by atoms with Gasteiger partial charge < -0.3 is 11.1 Å². The van der Waals surface area contributed by atoms with E-state index < -0.39 is 0 Å². The first kappa shape index (κ1) is 12.7. The van der Waals surface area contributed by atoms with Crippen LogP contribution in [0.25, 0.3) is 5.69 Å². The Morgan fingerprint density at radius 2 is 2.10 bits per heavy atom. The molecule has 0 aliphatic heterocycles. The summed E-state index contributed by atoms with van der Waals surface area (Å²) in [5, 5.41) is 7.50. The predicted molar refractivity (Wildman–Crippen MR) is 75.0 cm³/mol. The second-order valence-corrected chi connectivity index (χ2v) is 4.85. The lowest BCUT2D eigenvalue weighted by atomic mass is 10.3. The zero-order valence-electron chi connectivity index (χ0n) is 11.0. The van der Waals surface area contributed by atoms with Crippen LogP contribution >= 0.6 is 0 Å². The summed E-state index contributed by atoms with van der Waals surface area (Å²) < 4.78 is 14.5. The van der Waals surface area contributed by atoms with Crippen LogP contribution in [-0.4, -0.2) is 21.8 Å². The monoisotopic (exact) mass is 273 g/mol. The molecule has 20 heavy (non-hydrogen) atoms. The van der Waals surface area contributed by atoms with Crippen molar-refractivity contribution in [2.75, 3.05) is 0 Å². The van der Waals surface area contributed by atoms with Crippen LogP contribution in [0.15, 0.2) is 41.5 Å². The lowest BCUT2D eigenvalue weighted by Crippen LogP contribution is -2.33. The van der Waals surface area contributed by atoms with Crippen molar-refractivity contribution in [1.82, 2.24) is 15.1 Å². The molecule has 0 bridgehead atoms. The molecule has 2 aromatic rings. The van der Waals surface area contributed by atoms with Crippen molar-refractivity contribution in [3.8, 4) is 5.69 Å². The van der Waals surface area contributed by atoms with Crippen LogP contribution in [0.5, 0.6) is 0 Å². The summed E-state index contributed by atoms with van der Waals surface area (Å²) in [6.07, 6.45) is 4.15. The second kappa shape index (κ2) is 5.32. The van der Waals surface area contributed by atoms with E-state index >= 15 is 0 Å². The van der Waals surface area contributed by atoms with Gasteiger partial charge in [0.2, 0.25) is 0 Å². The maximum absolute atomic E-state index is 12.9. The molecule has 1 saturated carbocycles. The molecular weight excluding hydrogens is 257 g/mol. The largest absolute Gasteiger partial charge is 0.370 e. The first-order valence-corrected chi connectivity index (χ1v) is 6.58. The Labute approximate surface area is 116 Å². The Kier molecular flexibility index (Phi) is 3.37. The van der Waals surface area contributed by atoms with Gasteiger partial charge in [0.1, 0.15) is 5.82 Å². The van der Waals surface area contributed by atoms with Gasteiger partial charge in [0.05, 0.1) is 17.9 Å². The predicted octanol–water partition coefficient (Wildman–Crippen LogP) is 1.58. The maximum atomic E-state index is 12.9. The normalized spacial score (nSPS) is 15.3. The summed E-state index contributed by atoms with van der Waals surface area (Å²) >= 11 is 0. The van der Waals surface area contributed by atoms with E-state index in [1.54, 1.807) is 16.8 Å². The molecule has 1 fully saturated rings.